The van der Waals surface area contributed by atoms with E-state index >= 15 is 0 Å². The lowest BCUT2D eigenvalue weighted by Gasteiger charge is -2.69. The van der Waals surface area contributed by atoms with Crippen molar-refractivity contribution in [3.05, 3.63) is 29.6 Å². The Balaban J connectivity index is 1.34. The summed E-state index contributed by atoms with van der Waals surface area (Å²) in [5, 5.41) is 0. The van der Waals surface area contributed by atoms with Crippen LogP contribution in [0.3, 0.4) is 0 Å². The first-order valence-corrected chi connectivity index (χ1v) is 15.8. The predicted octanol–water partition coefficient (Wildman–Crippen LogP) is 3.94. The maximum absolute atomic E-state index is 14.0. The number of fused-ring (bicyclic) bond motifs is 1. The average Bonchev–Trinajstić information content (AvgIpc) is 3.59. The molecule has 242 valence electrons. The molecule has 0 aromatic carbocycles. The molecule has 7 bridgehead atoms. The number of rotatable bonds is 6. The van der Waals surface area contributed by atoms with Crippen LogP contribution in [-0.2, 0) is 34.6 Å². The number of piperidine rings is 1. The van der Waals surface area contributed by atoms with Crippen LogP contribution in [0.1, 0.15) is 55.6 Å². The molecular formula is C32H41F3N2O7. The SMILES string of the molecule is CCN1C[C@]2(C)CC[C@H](OC)[C@]34[C@@H]5C[C@H]6[C@H](OC)[C@@H]5[C@@]5(C[C@@H]6OC)OCO[C@]5([C@H]13)[C@@H](OC(=O)c1ccc(C(F)(F)F)nc1)[C@H]24. The second-order valence-electron chi connectivity index (χ2n) is 14.4. The number of aromatic nitrogens is 1. The Labute approximate surface area is 255 Å². The fourth-order valence-corrected chi connectivity index (χ4v) is 12.4. The highest BCUT2D eigenvalue weighted by molar-refractivity contribution is 5.89. The van der Waals surface area contributed by atoms with Gasteiger partial charge in [-0.15, -0.1) is 0 Å². The monoisotopic (exact) mass is 622 g/mol. The van der Waals surface area contributed by atoms with Crippen LogP contribution in [0.4, 0.5) is 13.2 Å². The van der Waals surface area contributed by atoms with E-state index < -0.39 is 40.6 Å². The van der Waals surface area contributed by atoms with E-state index in [1.165, 1.54) is 0 Å². The van der Waals surface area contributed by atoms with Gasteiger partial charge >= 0.3 is 12.1 Å². The standard InChI is InChI=1S/C32H41F3N2O7/c1-6-37-14-28(2)10-9-21(40-4)30-18-11-17-19(39-3)12-29(22(18)23(17)41-5)31(27(30)37,43-15-42-29)25(24(28)30)44-26(38)16-7-8-20(36-13-16)32(33,34)35/h7-8,13,17-19,21-25,27H,6,9-12,14-15H2,1-5H3/t17-,18-,19+,21+,22-,23+,24-,25+,27-,28+,29-,30+,31+/m1/s1. The number of hydrogen-bond donors (Lipinski definition) is 0. The smallest absolute Gasteiger partial charge is 0.433 e. The highest BCUT2D eigenvalue weighted by Crippen LogP contribution is 2.82. The molecular weight excluding hydrogens is 581 g/mol. The molecule has 9 nitrogen and oxygen atoms in total. The van der Waals surface area contributed by atoms with Gasteiger partial charge < -0.3 is 28.4 Å². The van der Waals surface area contributed by atoms with E-state index in [1.807, 2.05) is 0 Å². The minimum atomic E-state index is -4.61. The predicted molar refractivity (Wildman–Crippen MR) is 147 cm³/mol. The van der Waals surface area contributed by atoms with Gasteiger partial charge in [-0.3, -0.25) is 9.88 Å². The highest BCUT2D eigenvalue weighted by atomic mass is 19.4. The number of pyridine rings is 1. The minimum Gasteiger partial charge on any atom is -0.455 e. The lowest BCUT2D eigenvalue weighted by molar-refractivity contribution is -0.282. The van der Waals surface area contributed by atoms with Gasteiger partial charge in [0.25, 0.3) is 0 Å². The minimum absolute atomic E-state index is 0.0293. The molecule has 44 heavy (non-hydrogen) atoms. The van der Waals surface area contributed by atoms with Crippen molar-refractivity contribution in [1.82, 2.24) is 9.88 Å². The molecule has 0 amide bonds. The summed E-state index contributed by atoms with van der Waals surface area (Å²) >= 11 is 0. The molecule has 2 saturated heterocycles. The molecule has 1 aromatic rings. The Kier molecular flexibility index (Phi) is 6.30. The molecule has 3 spiro atoms. The summed E-state index contributed by atoms with van der Waals surface area (Å²) in [5.74, 6) is -0.549. The molecule has 2 aliphatic heterocycles. The molecule has 5 saturated carbocycles. The third-order valence-electron chi connectivity index (χ3n) is 13.3. The van der Waals surface area contributed by atoms with Crippen LogP contribution in [0, 0.1) is 34.5 Å². The summed E-state index contributed by atoms with van der Waals surface area (Å²) in [5.41, 5.74) is -3.69. The molecule has 0 radical (unpaired) electrons. The van der Waals surface area contributed by atoms with Crippen molar-refractivity contribution >= 4 is 5.97 Å². The number of ether oxygens (including phenoxy) is 6. The summed E-state index contributed by atoms with van der Waals surface area (Å²) in [4.78, 5) is 20.1. The molecule has 8 rings (SSSR count). The second kappa shape index (κ2) is 9.38. The van der Waals surface area contributed by atoms with Gasteiger partial charge in [-0.25, -0.2) is 4.79 Å². The zero-order valence-electron chi connectivity index (χ0n) is 25.8. The van der Waals surface area contributed by atoms with Crippen molar-refractivity contribution < 1.29 is 46.4 Å². The highest BCUT2D eigenvalue weighted by Gasteiger charge is 2.94. The van der Waals surface area contributed by atoms with E-state index in [4.69, 9.17) is 28.4 Å². The molecule has 7 aliphatic rings. The fraction of sp³-hybridized carbons (Fsp3) is 0.812. The summed E-state index contributed by atoms with van der Waals surface area (Å²) in [6.07, 6.45) is -1.55. The Bertz CT molecular complexity index is 1350. The van der Waals surface area contributed by atoms with E-state index in [0.29, 0.717) is 6.42 Å². The molecule has 3 heterocycles. The largest absolute Gasteiger partial charge is 0.455 e. The van der Waals surface area contributed by atoms with Gasteiger partial charge in [0, 0.05) is 63.7 Å². The van der Waals surface area contributed by atoms with E-state index in [2.05, 4.69) is 23.7 Å². The van der Waals surface area contributed by atoms with Crippen LogP contribution >= 0.6 is 0 Å². The topological polar surface area (TPSA) is 88.6 Å². The van der Waals surface area contributed by atoms with Crippen LogP contribution < -0.4 is 0 Å². The second-order valence-corrected chi connectivity index (χ2v) is 14.4. The van der Waals surface area contributed by atoms with Crippen LogP contribution in [0.5, 0.6) is 0 Å². The summed E-state index contributed by atoms with van der Waals surface area (Å²) in [6, 6.07) is 1.80. The van der Waals surface area contributed by atoms with Crippen molar-refractivity contribution in [3.8, 4) is 0 Å². The maximum atomic E-state index is 14.0. The number of carbonyl (C=O) groups excluding carboxylic acids is 1. The van der Waals surface area contributed by atoms with Crippen molar-refractivity contribution in [1.29, 1.82) is 0 Å². The molecule has 0 N–H and O–H groups in total. The first-order valence-electron chi connectivity index (χ1n) is 15.8. The Hall–Kier alpha value is -1.83. The summed E-state index contributed by atoms with van der Waals surface area (Å²) in [7, 11) is 5.28. The number of nitrogens with zero attached hydrogens (tertiary/aromatic N) is 2. The number of alkyl halides is 3. The van der Waals surface area contributed by atoms with Crippen molar-refractivity contribution in [3.63, 3.8) is 0 Å². The van der Waals surface area contributed by atoms with Gasteiger partial charge in [0.2, 0.25) is 0 Å². The molecule has 13 atom stereocenters. The lowest BCUT2D eigenvalue weighted by Crippen LogP contribution is -2.81. The van der Waals surface area contributed by atoms with Crippen LogP contribution in [0.15, 0.2) is 18.3 Å². The zero-order valence-corrected chi connectivity index (χ0v) is 25.8. The Morgan fingerprint density at radius 1 is 1.16 bits per heavy atom. The van der Waals surface area contributed by atoms with E-state index in [0.717, 1.165) is 50.7 Å². The number of esters is 1. The van der Waals surface area contributed by atoms with Crippen molar-refractivity contribution in [2.75, 3.05) is 41.2 Å². The maximum Gasteiger partial charge on any atom is 0.433 e. The van der Waals surface area contributed by atoms with Crippen molar-refractivity contribution in [2.24, 2.45) is 34.5 Å². The molecule has 0 unspecified atom stereocenters. The van der Waals surface area contributed by atoms with Crippen molar-refractivity contribution in [2.45, 2.75) is 87.4 Å². The van der Waals surface area contributed by atoms with Gasteiger partial charge in [-0.05, 0) is 49.3 Å². The number of likely N-dealkylation sites (N-methyl/N-ethyl adjacent to an activating group) is 1. The van der Waals surface area contributed by atoms with E-state index in [-0.39, 0.29) is 65.8 Å². The van der Waals surface area contributed by atoms with Gasteiger partial charge in [0.1, 0.15) is 24.2 Å². The molecule has 12 heteroatoms. The van der Waals surface area contributed by atoms with Crippen LogP contribution in [0.25, 0.3) is 0 Å². The van der Waals surface area contributed by atoms with Gasteiger partial charge in [0.15, 0.2) is 5.60 Å². The molecule has 7 fully saturated rings. The Morgan fingerprint density at radius 3 is 2.59 bits per heavy atom. The third kappa shape index (κ3) is 3.18. The average molecular weight is 623 g/mol. The molecule has 5 aliphatic carbocycles. The zero-order chi connectivity index (χ0) is 31.0. The van der Waals surface area contributed by atoms with Gasteiger partial charge in [0.05, 0.1) is 29.9 Å². The number of hydrogen-bond acceptors (Lipinski definition) is 9. The number of likely N-dealkylation sites (tertiary alicyclic amines) is 1. The summed E-state index contributed by atoms with van der Waals surface area (Å²) in [6.45, 7) is 6.11. The molecule has 1 aromatic heterocycles. The number of carbonyl (C=O) groups is 1. The normalized spacial score (nSPS) is 50.0. The quantitative estimate of drug-likeness (QED) is 0.438. The summed E-state index contributed by atoms with van der Waals surface area (Å²) < 4.78 is 79.3. The first-order chi connectivity index (χ1) is 21.0. The number of halogens is 3. The fourth-order valence-electron chi connectivity index (χ4n) is 12.4. The van der Waals surface area contributed by atoms with E-state index in [9.17, 15) is 18.0 Å². The van der Waals surface area contributed by atoms with Crippen LogP contribution in [-0.4, -0.2) is 98.7 Å². The number of methoxy groups -OCH3 is 3. The van der Waals surface area contributed by atoms with E-state index in [1.54, 1.807) is 21.3 Å². The first kappa shape index (κ1) is 29.6. The van der Waals surface area contributed by atoms with Gasteiger partial charge in [-0.1, -0.05) is 13.8 Å². The van der Waals surface area contributed by atoms with Gasteiger partial charge in [-0.2, -0.15) is 13.2 Å². The third-order valence-corrected chi connectivity index (χ3v) is 13.3. The van der Waals surface area contributed by atoms with Crippen LogP contribution in [0.2, 0.25) is 0 Å². The Morgan fingerprint density at radius 2 is 1.95 bits per heavy atom. The lowest BCUT2D eigenvalue weighted by atomic mass is 9.43.